The minimum Gasteiger partial charge on any atom is -0.423 e. The second kappa shape index (κ2) is 5.27. The Balaban J connectivity index is 1.83. The molecule has 2 aromatic rings. The summed E-state index contributed by atoms with van der Waals surface area (Å²) in [5.74, 6) is -2.38. The van der Waals surface area contributed by atoms with Crippen LogP contribution in [0.2, 0.25) is 0 Å². The number of benzene rings is 2. The molecular weight excluding hydrogens is 279 g/mol. The number of rotatable bonds is 2. The van der Waals surface area contributed by atoms with Gasteiger partial charge in [0.1, 0.15) is 11.6 Å². The van der Waals surface area contributed by atoms with Crippen molar-refractivity contribution in [2.75, 3.05) is 5.32 Å². The molecule has 0 saturated carbocycles. The van der Waals surface area contributed by atoms with Crippen LogP contribution in [0.1, 0.15) is 15.9 Å². The number of hydrogen-bond acceptors (Lipinski definition) is 3. The molecule has 2 aromatic carbocycles. The number of carbonyl (C=O) groups excluding carboxylic acids is 1. The Kier molecular flexibility index (Phi) is 3.44. The smallest absolute Gasteiger partial charge is 0.423 e. The summed E-state index contributed by atoms with van der Waals surface area (Å²) in [6.45, 7) is 0.303. The Bertz CT molecular complexity index is 723. The summed E-state index contributed by atoms with van der Waals surface area (Å²) in [5.41, 5.74) is 1.53. The molecule has 0 spiro atoms. The first-order valence-electron chi connectivity index (χ1n) is 6.23. The van der Waals surface area contributed by atoms with Gasteiger partial charge in [0, 0.05) is 11.8 Å². The molecule has 0 radical (unpaired) electrons. The number of anilines is 1. The normalized spacial score (nSPS) is 13.2. The molecule has 1 amide bonds. The zero-order valence-electron chi connectivity index (χ0n) is 10.8. The highest BCUT2D eigenvalue weighted by Crippen LogP contribution is 2.16. The van der Waals surface area contributed by atoms with Gasteiger partial charge in [0.25, 0.3) is 5.91 Å². The van der Waals surface area contributed by atoms with Crippen LogP contribution >= 0.6 is 0 Å². The van der Waals surface area contributed by atoms with Gasteiger partial charge in [0.2, 0.25) is 0 Å². The number of amides is 1. The molecule has 3 rings (SSSR count). The van der Waals surface area contributed by atoms with E-state index in [1.165, 1.54) is 0 Å². The average molecular weight is 289 g/mol. The van der Waals surface area contributed by atoms with Crippen LogP contribution < -0.4 is 10.8 Å². The zero-order valence-corrected chi connectivity index (χ0v) is 10.8. The van der Waals surface area contributed by atoms with Crippen molar-refractivity contribution in [2.45, 2.75) is 6.61 Å². The largest absolute Gasteiger partial charge is 0.491 e. The number of halogens is 2. The third-order valence-electron chi connectivity index (χ3n) is 3.24. The summed E-state index contributed by atoms with van der Waals surface area (Å²) in [6.07, 6.45) is 0. The first-order chi connectivity index (χ1) is 10.0. The zero-order chi connectivity index (χ0) is 15.0. The summed E-state index contributed by atoms with van der Waals surface area (Å²) in [5, 5.41) is 12.1. The molecule has 21 heavy (non-hydrogen) atoms. The third-order valence-corrected chi connectivity index (χ3v) is 3.24. The highest BCUT2D eigenvalue weighted by molar-refractivity contribution is 6.61. The molecule has 2 N–H and O–H groups in total. The lowest BCUT2D eigenvalue weighted by molar-refractivity contribution is 0.102. The maximum atomic E-state index is 13.5. The Morgan fingerprint density at radius 1 is 1.24 bits per heavy atom. The summed E-state index contributed by atoms with van der Waals surface area (Å²) < 4.78 is 31.4. The fraction of sp³-hybridized carbons (Fsp3) is 0.0714. The summed E-state index contributed by atoms with van der Waals surface area (Å²) >= 11 is 0. The molecule has 0 saturated heterocycles. The van der Waals surface area contributed by atoms with E-state index in [1.807, 2.05) is 0 Å². The van der Waals surface area contributed by atoms with Crippen LogP contribution in [0.3, 0.4) is 0 Å². The van der Waals surface area contributed by atoms with Crippen molar-refractivity contribution in [1.29, 1.82) is 0 Å². The second-order valence-electron chi connectivity index (χ2n) is 4.66. The van der Waals surface area contributed by atoms with Gasteiger partial charge in [0.05, 0.1) is 12.2 Å². The molecule has 1 aliphatic rings. The van der Waals surface area contributed by atoms with Crippen molar-refractivity contribution in [3.8, 4) is 0 Å². The van der Waals surface area contributed by atoms with E-state index in [-0.39, 0.29) is 5.56 Å². The topological polar surface area (TPSA) is 58.6 Å². The van der Waals surface area contributed by atoms with Gasteiger partial charge in [-0.1, -0.05) is 6.07 Å². The van der Waals surface area contributed by atoms with E-state index in [4.69, 9.17) is 4.65 Å². The number of nitrogens with one attached hydrogen (secondary N) is 1. The molecule has 0 fully saturated rings. The summed E-state index contributed by atoms with van der Waals surface area (Å²) in [4.78, 5) is 12.0. The van der Waals surface area contributed by atoms with Crippen molar-refractivity contribution in [3.63, 3.8) is 0 Å². The summed E-state index contributed by atoms with van der Waals surface area (Å²) in [6, 6.07) is 7.63. The van der Waals surface area contributed by atoms with Crippen molar-refractivity contribution >= 4 is 24.2 Å². The predicted molar refractivity (Wildman–Crippen MR) is 73.1 cm³/mol. The van der Waals surface area contributed by atoms with Gasteiger partial charge in [-0.25, -0.2) is 8.78 Å². The van der Waals surface area contributed by atoms with Crippen LogP contribution in [0.25, 0.3) is 0 Å². The van der Waals surface area contributed by atoms with Gasteiger partial charge in [-0.05, 0) is 35.3 Å². The van der Waals surface area contributed by atoms with E-state index in [1.54, 1.807) is 18.2 Å². The van der Waals surface area contributed by atoms with Crippen molar-refractivity contribution in [3.05, 3.63) is 59.2 Å². The fourth-order valence-corrected chi connectivity index (χ4v) is 2.16. The molecule has 0 aliphatic carbocycles. The molecular formula is C14H10BF2NO3. The number of carbonyl (C=O) groups is 1. The van der Waals surface area contributed by atoms with E-state index >= 15 is 0 Å². The van der Waals surface area contributed by atoms with Crippen LogP contribution in [0.5, 0.6) is 0 Å². The quantitative estimate of drug-likeness (QED) is 0.822. The van der Waals surface area contributed by atoms with Crippen molar-refractivity contribution in [2.24, 2.45) is 0 Å². The minimum absolute atomic E-state index is 0.256. The molecule has 4 nitrogen and oxygen atoms in total. The average Bonchev–Trinajstić information content (AvgIpc) is 2.80. The van der Waals surface area contributed by atoms with Crippen LogP contribution in [0, 0.1) is 11.6 Å². The standard InChI is InChI=1S/C14H10BF2NO3/c16-9-2-4-11(13(17)5-9)14(19)18-10-3-1-8-7-21-15(20)12(8)6-10/h1-6,20H,7H2,(H,18,19). The molecule has 0 atom stereocenters. The van der Waals surface area contributed by atoms with Crippen LogP contribution in [-0.2, 0) is 11.3 Å². The van der Waals surface area contributed by atoms with E-state index in [0.717, 1.165) is 17.7 Å². The lowest BCUT2D eigenvalue weighted by atomic mass is 9.79. The predicted octanol–water partition coefficient (Wildman–Crippen LogP) is 1.43. The highest BCUT2D eigenvalue weighted by atomic mass is 19.1. The Labute approximate surface area is 119 Å². The molecule has 106 valence electrons. The third kappa shape index (κ3) is 2.65. The first kappa shape index (κ1) is 13.7. The maximum Gasteiger partial charge on any atom is 0.491 e. The lowest BCUT2D eigenvalue weighted by Gasteiger charge is -2.08. The van der Waals surface area contributed by atoms with Crippen LogP contribution in [0.15, 0.2) is 36.4 Å². The van der Waals surface area contributed by atoms with Gasteiger partial charge >= 0.3 is 7.12 Å². The van der Waals surface area contributed by atoms with Gasteiger partial charge < -0.3 is 15.0 Å². The van der Waals surface area contributed by atoms with Gasteiger partial charge in [0.15, 0.2) is 0 Å². The molecule has 0 bridgehead atoms. The SMILES string of the molecule is O=C(Nc1ccc2c(c1)B(O)OC2)c1ccc(F)cc1F. The Morgan fingerprint density at radius 3 is 2.81 bits per heavy atom. The lowest BCUT2D eigenvalue weighted by Crippen LogP contribution is -2.28. The molecule has 1 heterocycles. The summed E-state index contributed by atoms with van der Waals surface area (Å²) in [7, 11) is -1.03. The molecule has 1 aliphatic heterocycles. The van der Waals surface area contributed by atoms with E-state index in [2.05, 4.69) is 5.32 Å². The van der Waals surface area contributed by atoms with Crippen LogP contribution in [0.4, 0.5) is 14.5 Å². The Hall–Kier alpha value is -2.25. The number of hydrogen-bond donors (Lipinski definition) is 2. The van der Waals surface area contributed by atoms with Gasteiger partial charge in [-0.2, -0.15) is 0 Å². The van der Waals surface area contributed by atoms with E-state index < -0.39 is 24.7 Å². The Morgan fingerprint density at radius 2 is 2.05 bits per heavy atom. The van der Waals surface area contributed by atoms with Gasteiger partial charge in [-0.3, -0.25) is 4.79 Å². The van der Waals surface area contributed by atoms with Crippen molar-refractivity contribution in [1.82, 2.24) is 0 Å². The monoisotopic (exact) mass is 289 g/mol. The van der Waals surface area contributed by atoms with Gasteiger partial charge in [-0.15, -0.1) is 0 Å². The number of fused-ring (bicyclic) bond motifs is 1. The fourth-order valence-electron chi connectivity index (χ4n) is 2.16. The van der Waals surface area contributed by atoms with Crippen LogP contribution in [-0.4, -0.2) is 18.0 Å². The highest BCUT2D eigenvalue weighted by Gasteiger charge is 2.27. The second-order valence-corrected chi connectivity index (χ2v) is 4.66. The van der Waals surface area contributed by atoms with E-state index in [0.29, 0.717) is 23.8 Å². The maximum absolute atomic E-state index is 13.5. The molecule has 7 heteroatoms. The molecule has 0 unspecified atom stereocenters. The van der Waals surface area contributed by atoms with E-state index in [9.17, 15) is 18.6 Å². The minimum atomic E-state index is -1.03. The first-order valence-corrected chi connectivity index (χ1v) is 6.23. The molecule has 0 aromatic heterocycles. The van der Waals surface area contributed by atoms with Crippen molar-refractivity contribution < 1.29 is 23.3 Å².